The van der Waals surface area contributed by atoms with Crippen molar-refractivity contribution in [1.82, 2.24) is 9.80 Å². The van der Waals surface area contributed by atoms with Crippen molar-refractivity contribution in [2.75, 3.05) is 32.8 Å². The van der Waals surface area contributed by atoms with Crippen molar-refractivity contribution in [1.29, 1.82) is 0 Å². The molecule has 0 saturated carbocycles. The number of likely N-dealkylation sites (tertiary alicyclic amines) is 1. The van der Waals surface area contributed by atoms with Crippen molar-refractivity contribution in [2.45, 2.75) is 74.4 Å². The first kappa shape index (κ1) is 27.9. The van der Waals surface area contributed by atoms with Gasteiger partial charge in [-0.15, -0.1) is 6.58 Å². The molecule has 0 radical (unpaired) electrons. The van der Waals surface area contributed by atoms with E-state index in [9.17, 15) is 14.4 Å². The van der Waals surface area contributed by atoms with Crippen molar-refractivity contribution < 1.29 is 29.0 Å². The minimum Gasteiger partial charge on any atom is -0.461 e. The minimum absolute atomic E-state index is 0.0595. The Morgan fingerprint density at radius 1 is 1.26 bits per heavy atom. The lowest BCUT2D eigenvalue weighted by Crippen LogP contribution is -2.57. The molecule has 3 aliphatic heterocycles. The van der Waals surface area contributed by atoms with E-state index in [0.717, 1.165) is 25.7 Å². The predicted molar refractivity (Wildman–Crippen MR) is 136 cm³/mol. The highest BCUT2D eigenvalue weighted by Gasteiger charge is 2.77. The van der Waals surface area contributed by atoms with Gasteiger partial charge in [-0.3, -0.25) is 14.4 Å². The van der Waals surface area contributed by atoms with Crippen LogP contribution < -0.4 is 0 Å². The van der Waals surface area contributed by atoms with Crippen LogP contribution in [0.25, 0.3) is 0 Å². The van der Waals surface area contributed by atoms with E-state index in [0.29, 0.717) is 38.9 Å². The fraction of sp³-hybridized carbons (Fsp3) is 0.731. The lowest BCUT2D eigenvalue weighted by atomic mass is 9.70. The van der Waals surface area contributed by atoms with E-state index in [1.54, 1.807) is 15.9 Å². The van der Waals surface area contributed by atoms with Crippen molar-refractivity contribution in [3.8, 4) is 0 Å². The number of aliphatic hydroxyl groups excluding tert-OH is 1. The maximum absolute atomic E-state index is 14.0. The molecule has 0 aromatic carbocycles. The first-order valence-corrected chi connectivity index (χ1v) is 13.7. The zero-order valence-corrected chi connectivity index (χ0v) is 22.3. The summed E-state index contributed by atoms with van der Waals surface area (Å²) >= 11 is 3.66. The van der Waals surface area contributed by atoms with Crippen molar-refractivity contribution in [2.24, 2.45) is 11.8 Å². The first-order chi connectivity index (χ1) is 16.9. The number of aliphatic hydroxyl groups is 1. The third-order valence-electron chi connectivity index (χ3n) is 7.39. The van der Waals surface area contributed by atoms with Crippen LogP contribution >= 0.6 is 15.9 Å². The summed E-state index contributed by atoms with van der Waals surface area (Å²) in [5, 5.41) is 9.07. The number of amides is 2. The van der Waals surface area contributed by atoms with Gasteiger partial charge in [0.2, 0.25) is 11.8 Å². The monoisotopic (exact) mass is 554 g/mol. The summed E-state index contributed by atoms with van der Waals surface area (Å²) < 4.78 is 11.8. The molecule has 3 saturated heterocycles. The number of hydrogen-bond donors (Lipinski definition) is 1. The Labute approximate surface area is 216 Å². The zero-order valence-electron chi connectivity index (χ0n) is 20.7. The molecule has 0 aromatic heterocycles. The maximum atomic E-state index is 14.0. The SMILES string of the molecule is C=CCOC(=O)[C@H]1[C@@H]2OC3(CC2Br)C(C(=O)N(CC=C)CCCC)N(CCCCCCO)C(=O)[C@H]13. The second-order valence-electron chi connectivity index (χ2n) is 9.68. The van der Waals surface area contributed by atoms with Gasteiger partial charge in [0.15, 0.2) is 0 Å². The molecular formula is C26H39BrN2O6. The molecule has 6 atom stereocenters. The van der Waals surface area contributed by atoms with Gasteiger partial charge >= 0.3 is 5.97 Å². The second-order valence-corrected chi connectivity index (χ2v) is 10.9. The number of unbranched alkanes of at least 4 members (excludes halogenated alkanes) is 4. The van der Waals surface area contributed by atoms with E-state index in [2.05, 4.69) is 36.0 Å². The minimum atomic E-state index is -1.07. The number of nitrogens with zero attached hydrogens (tertiary/aromatic N) is 2. The molecule has 3 fully saturated rings. The van der Waals surface area contributed by atoms with Gasteiger partial charge in [0.25, 0.3) is 0 Å². The number of rotatable bonds is 15. The molecule has 1 N–H and O–H groups in total. The molecule has 3 aliphatic rings. The largest absolute Gasteiger partial charge is 0.461 e. The molecule has 196 valence electrons. The van der Waals surface area contributed by atoms with Gasteiger partial charge in [0, 0.05) is 31.1 Å². The quantitative estimate of drug-likeness (QED) is 0.145. The standard InChI is InChI=1S/C26H39BrN2O6/c1-4-7-13-28(12-5-2)24(32)22-26-17-18(27)21(35-26)19(25(33)34-16-6-3)20(26)23(31)29(22)14-10-8-9-11-15-30/h5-6,18-22,30H,2-4,7-17H2,1H3/t18?,19-,20+,21-,22?,26?/m1/s1. The zero-order chi connectivity index (χ0) is 25.6. The van der Waals surface area contributed by atoms with Gasteiger partial charge in [-0.25, -0.2) is 0 Å². The Hall–Kier alpha value is -1.71. The molecule has 8 nitrogen and oxygen atoms in total. The molecule has 1 spiro atoms. The van der Waals surface area contributed by atoms with Crippen molar-refractivity contribution in [3.63, 3.8) is 0 Å². The second kappa shape index (κ2) is 12.5. The summed E-state index contributed by atoms with van der Waals surface area (Å²) in [5.74, 6) is -2.35. The number of esters is 1. The Balaban J connectivity index is 1.94. The average molecular weight is 556 g/mol. The molecule has 3 rings (SSSR count). The van der Waals surface area contributed by atoms with Gasteiger partial charge in [-0.05, 0) is 25.7 Å². The smallest absolute Gasteiger partial charge is 0.312 e. The van der Waals surface area contributed by atoms with Crippen LogP contribution in [0.4, 0.5) is 0 Å². The summed E-state index contributed by atoms with van der Waals surface area (Å²) in [6.45, 7) is 11.0. The Morgan fingerprint density at radius 3 is 2.66 bits per heavy atom. The van der Waals surface area contributed by atoms with Crippen LogP contribution in [0.3, 0.4) is 0 Å². The van der Waals surface area contributed by atoms with E-state index in [1.807, 2.05) is 0 Å². The molecule has 3 unspecified atom stereocenters. The van der Waals surface area contributed by atoms with E-state index in [-0.39, 0.29) is 29.9 Å². The van der Waals surface area contributed by atoms with Crippen LogP contribution in [0.15, 0.2) is 25.3 Å². The molecule has 2 bridgehead atoms. The summed E-state index contributed by atoms with van der Waals surface area (Å²) in [5.41, 5.74) is -1.07. The fourth-order valence-corrected chi connectivity index (χ4v) is 6.82. The van der Waals surface area contributed by atoms with Crippen LogP contribution in [0.2, 0.25) is 0 Å². The summed E-state index contributed by atoms with van der Waals surface area (Å²) in [6.07, 6.45) is 8.05. The van der Waals surface area contributed by atoms with Gasteiger partial charge in [0.05, 0.1) is 17.9 Å². The summed E-state index contributed by atoms with van der Waals surface area (Å²) in [6, 6.07) is -0.795. The maximum Gasteiger partial charge on any atom is 0.312 e. The van der Waals surface area contributed by atoms with Gasteiger partial charge in [-0.2, -0.15) is 0 Å². The number of fused-ring (bicyclic) bond motifs is 1. The van der Waals surface area contributed by atoms with Crippen LogP contribution in [-0.2, 0) is 23.9 Å². The van der Waals surface area contributed by atoms with Gasteiger partial charge in [-0.1, -0.05) is 60.8 Å². The molecule has 0 aliphatic carbocycles. The number of hydrogen-bond acceptors (Lipinski definition) is 6. The number of ether oxygens (including phenoxy) is 2. The normalized spacial score (nSPS) is 30.9. The molecule has 3 heterocycles. The average Bonchev–Trinajstić information content (AvgIpc) is 3.43. The van der Waals surface area contributed by atoms with Crippen LogP contribution in [0.1, 0.15) is 51.9 Å². The van der Waals surface area contributed by atoms with Gasteiger partial charge < -0.3 is 24.4 Å². The molecule has 9 heteroatoms. The lowest BCUT2D eigenvalue weighted by Gasteiger charge is -2.37. The Morgan fingerprint density at radius 2 is 2.00 bits per heavy atom. The third-order valence-corrected chi connectivity index (χ3v) is 8.23. The Kier molecular flexibility index (Phi) is 9.95. The van der Waals surface area contributed by atoms with Gasteiger partial charge in [0.1, 0.15) is 18.2 Å². The molecule has 0 aromatic rings. The number of halogens is 1. The summed E-state index contributed by atoms with van der Waals surface area (Å²) in [7, 11) is 0. The third kappa shape index (κ3) is 5.37. The highest BCUT2D eigenvalue weighted by Crippen LogP contribution is 2.60. The first-order valence-electron chi connectivity index (χ1n) is 12.8. The highest BCUT2D eigenvalue weighted by atomic mass is 79.9. The van der Waals surface area contributed by atoms with Crippen LogP contribution in [0, 0.1) is 11.8 Å². The number of carbonyl (C=O) groups is 3. The van der Waals surface area contributed by atoms with E-state index in [4.69, 9.17) is 14.6 Å². The van der Waals surface area contributed by atoms with Crippen LogP contribution in [0.5, 0.6) is 0 Å². The fourth-order valence-electron chi connectivity index (χ4n) is 5.87. The van der Waals surface area contributed by atoms with E-state index < -0.39 is 35.6 Å². The van der Waals surface area contributed by atoms with E-state index in [1.165, 1.54) is 6.08 Å². The van der Waals surface area contributed by atoms with Crippen molar-refractivity contribution >= 4 is 33.7 Å². The Bertz CT molecular complexity index is 807. The number of alkyl halides is 1. The molecule has 35 heavy (non-hydrogen) atoms. The van der Waals surface area contributed by atoms with Crippen LogP contribution in [-0.4, -0.2) is 88.1 Å². The van der Waals surface area contributed by atoms with E-state index >= 15 is 0 Å². The molecular weight excluding hydrogens is 516 g/mol. The van der Waals surface area contributed by atoms with Crippen molar-refractivity contribution in [3.05, 3.63) is 25.3 Å². The number of carbonyl (C=O) groups excluding carboxylic acids is 3. The summed E-state index contributed by atoms with van der Waals surface area (Å²) in [4.78, 5) is 44.2. The molecule has 2 amide bonds. The predicted octanol–water partition coefficient (Wildman–Crippen LogP) is 2.83. The highest BCUT2D eigenvalue weighted by molar-refractivity contribution is 9.09. The topological polar surface area (TPSA) is 96.4 Å². The lowest BCUT2D eigenvalue weighted by molar-refractivity contribution is -0.154.